The third-order valence-corrected chi connectivity index (χ3v) is 3.80. The summed E-state index contributed by atoms with van der Waals surface area (Å²) in [5.41, 5.74) is 0. The van der Waals surface area contributed by atoms with Crippen LogP contribution in [0.25, 0.3) is 0 Å². The molecule has 1 rings (SSSR count). The van der Waals surface area contributed by atoms with E-state index in [9.17, 15) is 0 Å². The fraction of sp³-hybridized carbons (Fsp3) is 1.00. The Hall–Kier alpha value is 0.0249. The highest BCUT2D eigenvalue weighted by molar-refractivity contribution is 6.08. The highest BCUT2D eigenvalue weighted by atomic mass is 15.0. The third-order valence-electron chi connectivity index (χ3n) is 3.80. The minimum Gasteiger partial charge on any atom is -0.312 e. The average Bonchev–Trinajstić information content (AvgIpc) is 2.32. The molecule has 0 unspecified atom stereocenters. The number of hydrogen-bond donors (Lipinski definition) is 0. The molecular weight excluding hydrogens is 229 g/mol. The standard InChI is InChI=1S/C14H27B.C3H9N/c15-13-12-14-10-8-6-4-2-1-3-5-7-9-11-14;1-4(2)3/h14H,1-13H2;1-3H3. The molecule has 1 nitrogen and oxygen atoms in total. The molecule has 1 aliphatic rings. The van der Waals surface area contributed by atoms with Gasteiger partial charge in [0.2, 0.25) is 0 Å². The summed E-state index contributed by atoms with van der Waals surface area (Å²) < 4.78 is 0. The third kappa shape index (κ3) is 16.0. The van der Waals surface area contributed by atoms with Crippen LogP contribution in [-0.2, 0) is 0 Å². The van der Waals surface area contributed by atoms with Crippen LogP contribution in [0.15, 0.2) is 0 Å². The molecule has 0 N–H and O–H groups in total. The van der Waals surface area contributed by atoms with Gasteiger partial charge >= 0.3 is 0 Å². The van der Waals surface area contributed by atoms with Gasteiger partial charge in [0.05, 0.1) is 7.85 Å². The summed E-state index contributed by atoms with van der Waals surface area (Å²) in [6.07, 6.45) is 18.2. The molecule has 0 aromatic carbocycles. The first-order valence-corrected chi connectivity index (χ1v) is 8.47. The lowest BCUT2D eigenvalue weighted by molar-refractivity contribution is 0.385. The molecule has 2 radical (unpaired) electrons. The molecule has 0 heterocycles. The maximum atomic E-state index is 5.68. The Balaban J connectivity index is 0.000000711. The molecule has 0 saturated heterocycles. The average molecular weight is 265 g/mol. The van der Waals surface area contributed by atoms with Crippen LogP contribution in [0.5, 0.6) is 0 Å². The van der Waals surface area contributed by atoms with Gasteiger partial charge in [-0.3, -0.25) is 0 Å². The van der Waals surface area contributed by atoms with Gasteiger partial charge in [-0.15, -0.1) is 0 Å². The highest BCUT2D eigenvalue weighted by Gasteiger charge is 2.07. The monoisotopic (exact) mass is 265 g/mol. The normalized spacial score (nSPS) is 20.0. The van der Waals surface area contributed by atoms with Crippen LogP contribution in [0.4, 0.5) is 0 Å². The topological polar surface area (TPSA) is 3.24 Å². The van der Waals surface area contributed by atoms with Gasteiger partial charge in [-0.2, -0.15) is 0 Å². The lowest BCUT2D eigenvalue weighted by Crippen LogP contribution is -2.01. The molecule has 1 aliphatic carbocycles. The Morgan fingerprint density at radius 3 is 1.37 bits per heavy atom. The van der Waals surface area contributed by atoms with E-state index in [1.165, 1.54) is 77.0 Å². The molecule has 0 aromatic rings. The fourth-order valence-corrected chi connectivity index (χ4v) is 2.77. The van der Waals surface area contributed by atoms with Crippen molar-refractivity contribution < 1.29 is 0 Å². The van der Waals surface area contributed by atoms with Crippen molar-refractivity contribution in [2.45, 2.75) is 83.4 Å². The van der Waals surface area contributed by atoms with Crippen molar-refractivity contribution in [1.82, 2.24) is 4.90 Å². The van der Waals surface area contributed by atoms with Crippen LogP contribution in [0.3, 0.4) is 0 Å². The first-order chi connectivity index (χ1) is 9.16. The van der Waals surface area contributed by atoms with Crippen molar-refractivity contribution in [3.63, 3.8) is 0 Å². The summed E-state index contributed by atoms with van der Waals surface area (Å²) in [6.45, 7) is 0. The second-order valence-electron chi connectivity index (χ2n) is 6.54. The molecule has 0 amide bonds. The van der Waals surface area contributed by atoms with Gasteiger partial charge in [0.1, 0.15) is 0 Å². The van der Waals surface area contributed by atoms with Crippen molar-refractivity contribution >= 4 is 7.85 Å². The summed E-state index contributed by atoms with van der Waals surface area (Å²) in [7, 11) is 11.7. The van der Waals surface area contributed by atoms with Crippen LogP contribution in [0, 0.1) is 5.92 Å². The molecule has 0 aliphatic heterocycles. The van der Waals surface area contributed by atoms with Gasteiger partial charge in [-0.1, -0.05) is 83.4 Å². The van der Waals surface area contributed by atoms with E-state index in [2.05, 4.69) is 0 Å². The Morgan fingerprint density at radius 1 is 0.737 bits per heavy atom. The summed E-state index contributed by atoms with van der Waals surface area (Å²) in [4.78, 5) is 2.00. The van der Waals surface area contributed by atoms with Crippen LogP contribution >= 0.6 is 0 Å². The SMILES string of the molecule is CN(C)C.[B]CCC1CCCCCCCCCCC1. The zero-order valence-electron chi connectivity index (χ0n) is 13.8. The molecule has 0 bridgehead atoms. The van der Waals surface area contributed by atoms with E-state index in [1.54, 1.807) is 0 Å². The zero-order valence-corrected chi connectivity index (χ0v) is 13.8. The van der Waals surface area contributed by atoms with Crippen LogP contribution in [0.2, 0.25) is 6.32 Å². The Labute approximate surface area is 123 Å². The Kier molecular flexibility index (Phi) is 14.5. The molecule has 19 heavy (non-hydrogen) atoms. The van der Waals surface area contributed by atoms with Gasteiger partial charge in [0.25, 0.3) is 0 Å². The van der Waals surface area contributed by atoms with Gasteiger partial charge < -0.3 is 4.90 Å². The van der Waals surface area contributed by atoms with Crippen molar-refractivity contribution in [3.8, 4) is 0 Å². The van der Waals surface area contributed by atoms with E-state index < -0.39 is 0 Å². The van der Waals surface area contributed by atoms with E-state index in [0.717, 1.165) is 12.2 Å². The first kappa shape index (κ1) is 19.0. The van der Waals surface area contributed by atoms with E-state index in [4.69, 9.17) is 7.85 Å². The van der Waals surface area contributed by atoms with Crippen LogP contribution < -0.4 is 0 Å². The molecule has 112 valence electrons. The molecule has 0 spiro atoms. The zero-order chi connectivity index (χ0) is 14.3. The van der Waals surface area contributed by atoms with Gasteiger partial charge in [-0.25, -0.2) is 0 Å². The lowest BCUT2D eigenvalue weighted by Gasteiger charge is -2.16. The first-order valence-electron chi connectivity index (χ1n) is 8.47. The van der Waals surface area contributed by atoms with Crippen molar-refractivity contribution in [1.29, 1.82) is 0 Å². The number of rotatable bonds is 2. The van der Waals surface area contributed by atoms with Gasteiger partial charge in [-0.05, 0) is 27.1 Å². The summed E-state index contributed by atoms with van der Waals surface area (Å²) in [6, 6.07) is 0. The fourth-order valence-electron chi connectivity index (χ4n) is 2.77. The molecule has 2 heteroatoms. The number of hydrogen-bond acceptors (Lipinski definition) is 1. The Bertz CT molecular complexity index is 156. The predicted molar refractivity (Wildman–Crippen MR) is 89.1 cm³/mol. The lowest BCUT2D eigenvalue weighted by atomic mass is 9.85. The van der Waals surface area contributed by atoms with Crippen molar-refractivity contribution in [2.24, 2.45) is 5.92 Å². The van der Waals surface area contributed by atoms with E-state index in [0.29, 0.717) is 0 Å². The Morgan fingerprint density at radius 2 is 1.05 bits per heavy atom. The highest BCUT2D eigenvalue weighted by Crippen LogP contribution is 2.24. The number of nitrogens with zero attached hydrogens (tertiary/aromatic N) is 1. The van der Waals surface area contributed by atoms with Crippen LogP contribution in [-0.4, -0.2) is 33.9 Å². The largest absolute Gasteiger partial charge is 0.312 e. The smallest absolute Gasteiger partial charge is 0.0653 e. The minimum absolute atomic E-state index is 0.894. The van der Waals surface area contributed by atoms with Crippen LogP contribution in [0.1, 0.15) is 77.0 Å². The van der Waals surface area contributed by atoms with E-state index in [1.807, 2.05) is 26.0 Å². The maximum absolute atomic E-state index is 5.68. The summed E-state index contributed by atoms with van der Waals surface area (Å²) in [5.74, 6) is 0.939. The maximum Gasteiger partial charge on any atom is 0.0653 e. The van der Waals surface area contributed by atoms with Gasteiger partial charge in [0, 0.05) is 0 Å². The van der Waals surface area contributed by atoms with Gasteiger partial charge in [0.15, 0.2) is 0 Å². The molecule has 0 aromatic heterocycles. The van der Waals surface area contributed by atoms with E-state index >= 15 is 0 Å². The van der Waals surface area contributed by atoms with E-state index in [-0.39, 0.29) is 0 Å². The predicted octanol–water partition coefficient (Wildman–Crippen LogP) is 5.06. The molecule has 1 saturated carbocycles. The molecule has 0 atom stereocenters. The quantitative estimate of drug-likeness (QED) is 0.631. The summed E-state index contributed by atoms with van der Waals surface area (Å²) >= 11 is 0. The van der Waals surface area contributed by atoms with Crippen molar-refractivity contribution in [2.75, 3.05) is 21.1 Å². The minimum atomic E-state index is 0.894. The summed E-state index contributed by atoms with van der Waals surface area (Å²) in [5, 5.41) is 0. The molecular formula is C17H36BN. The second kappa shape index (κ2) is 14.4. The molecule has 1 fully saturated rings. The second-order valence-corrected chi connectivity index (χ2v) is 6.54. The van der Waals surface area contributed by atoms with Crippen molar-refractivity contribution in [3.05, 3.63) is 0 Å².